The Morgan fingerprint density at radius 3 is 1.76 bits per heavy atom. The van der Waals surface area contributed by atoms with Crippen LogP contribution in [0.3, 0.4) is 0 Å². The number of nitrogens with zero attached hydrogens (tertiary/aromatic N) is 2. The monoisotopic (exact) mass is 362 g/mol. The highest BCUT2D eigenvalue weighted by atomic mass is 19.1. The Morgan fingerprint density at radius 1 is 0.880 bits per heavy atom. The number of ether oxygens (including phenoxy) is 4. The molecule has 0 saturated heterocycles. The van der Waals surface area contributed by atoms with E-state index in [0.717, 1.165) is 15.3 Å². The third-order valence-electron chi connectivity index (χ3n) is 3.28. The Labute approximate surface area is 146 Å². The first kappa shape index (κ1) is 21.5. The molecule has 9 heteroatoms. The van der Waals surface area contributed by atoms with Gasteiger partial charge in [-0.05, 0) is 27.7 Å². The molecule has 0 atom stereocenters. The Hall–Kier alpha value is -1.55. The predicted molar refractivity (Wildman–Crippen MR) is 89.0 cm³/mol. The lowest BCUT2D eigenvalue weighted by Crippen LogP contribution is -2.45. The molecule has 0 radical (unpaired) electrons. The first-order chi connectivity index (χ1) is 12.0. The first-order valence-electron chi connectivity index (χ1n) is 8.44. The summed E-state index contributed by atoms with van der Waals surface area (Å²) in [6, 6.07) is 0. The molecule has 1 aromatic heterocycles. The molecule has 0 aliphatic carbocycles. The molecule has 1 aromatic rings. The van der Waals surface area contributed by atoms with Gasteiger partial charge in [0.15, 0.2) is 12.6 Å². The zero-order valence-electron chi connectivity index (χ0n) is 15.2. The summed E-state index contributed by atoms with van der Waals surface area (Å²) in [6.45, 7) is 8.25. The lowest BCUT2D eigenvalue weighted by atomic mass is 10.5. The van der Waals surface area contributed by atoms with Crippen LogP contribution in [-0.2, 0) is 32.0 Å². The Balaban J connectivity index is 3.15. The Bertz CT molecular complexity index is 618. The molecule has 0 amide bonds. The highest BCUT2D eigenvalue weighted by Gasteiger charge is 2.19. The van der Waals surface area contributed by atoms with E-state index in [4.69, 9.17) is 18.9 Å². The van der Waals surface area contributed by atoms with E-state index in [1.165, 1.54) is 0 Å². The summed E-state index contributed by atoms with van der Waals surface area (Å²) in [4.78, 5) is 24.6. The number of hydrogen-bond donors (Lipinski definition) is 0. The molecule has 144 valence electrons. The van der Waals surface area contributed by atoms with Crippen LogP contribution in [0.25, 0.3) is 0 Å². The molecular weight excluding hydrogens is 335 g/mol. The van der Waals surface area contributed by atoms with Gasteiger partial charge in [-0.3, -0.25) is 13.9 Å². The summed E-state index contributed by atoms with van der Waals surface area (Å²) in [5.41, 5.74) is -1.70. The minimum Gasteiger partial charge on any atom is -0.351 e. The molecule has 0 aliphatic heterocycles. The van der Waals surface area contributed by atoms with Crippen LogP contribution in [0.4, 0.5) is 4.39 Å². The average molecular weight is 362 g/mol. The van der Waals surface area contributed by atoms with Gasteiger partial charge in [0, 0.05) is 26.4 Å². The topological polar surface area (TPSA) is 80.9 Å². The van der Waals surface area contributed by atoms with E-state index < -0.39 is 29.6 Å². The van der Waals surface area contributed by atoms with Crippen molar-refractivity contribution in [1.82, 2.24) is 9.13 Å². The van der Waals surface area contributed by atoms with Gasteiger partial charge in [-0.25, -0.2) is 4.79 Å². The minimum absolute atomic E-state index is 0.0361. The second kappa shape index (κ2) is 11.1. The van der Waals surface area contributed by atoms with Crippen LogP contribution in [0.1, 0.15) is 27.7 Å². The highest BCUT2D eigenvalue weighted by molar-refractivity contribution is 4.91. The summed E-state index contributed by atoms with van der Waals surface area (Å²) in [7, 11) is 0. The molecule has 0 saturated carbocycles. The number of aromatic nitrogens is 2. The van der Waals surface area contributed by atoms with Crippen molar-refractivity contribution in [3.63, 3.8) is 0 Å². The molecule has 8 nitrogen and oxygen atoms in total. The van der Waals surface area contributed by atoms with Gasteiger partial charge in [0.25, 0.3) is 5.56 Å². The van der Waals surface area contributed by atoms with Crippen molar-refractivity contribution in [3.05, 3.63) is 32.9 Å². The molecule has 0 spiro atoms. The van der Waals surface area contributed by atoms with Gasteiger partial charge in [0.05, 0.1) is 19.3 Å². The van der Waals surface area contributed by atoms with Crippen LogP contribution < -0.4 is 11.2 Å². The number of hydrogen-bond acceptors (Lipinski definition) is 6. The van der Waals surface area contributed by atoms with Crippen molar-refractivity contribution in [2.24, 2.45) is 0 Å². The molecular formula is C16H27FN2O6. The van der Waals surface area contributed by atoms with Crippen LogP contribution in [-0.4, -0.2) is 48.1 Å². The number of halogens is 1. The molecule has 0 aliphatic rings. The lowest BCUT2D eigenvalue weighted by Gasteiger charge is -2.20. The molecule has 1 heterocycles. The highest BCUT2D eigenvalue weighted by Crippen LogP contribution is 2.01. The van der Waals surface area contributed by atoms with Crippen LogP contribution in [0.2, 0.25) is 0 Å². The Kier molecular flexibility index (Phi) is 9.58. The predicted octanol–water partition coefficient (Wildman–Crippen LogP) is 0.947. The third kappa shape index (κ3) is 6.35. The third-order valence-corrected chi connectivity index (χ3v) is 3.28. The summed E-state index contributed by atoms with van der Waals surface area (Å²) < 4.78 is 37.2. The maximum Gasteiger partial charge on any atom is 0.331 e. The lowest BCUT2D eigenvalue weighted by molar-refractivity contribution is -0.147. The van der Waals surface area contributed by atoms with Crippen molar-refractivity contribution in [1.29, 1.82) is 0 Å². The van der Waals surface area contributed by atoms with E-state index in [2.05, 4.69) is 0 Å². The Morgan fingerprint density at radius 2 is 1.32 bits per heavy atom. The second-order valence-electron chi connectivity index (χ2n) is 5.01. The average Bonchev–Trinajstić information content (AvgIpc) is 2.57. The SMILES string of the molecule is CCOC(Cn1cc(F)c(=O)n(CC(OCC)OCC)c1=O)OCC. The molecule has 0 N–H and O–H groups in total. The van der Waals surface area contributed by atoms with Crippen LogP contribution in [0, 0.1) is 5.82 Å². The van der Waals surface area contributed by atoms with E-state index in [1.807, 2.05) is 0 Å². The van der Waals surface area contributed by atoms with Gasteiger partial charge >= 0.3 is 5.69 Å². The van der Waals surface area contributed by atoms with E-state index in [1.54, 1.807) is 27.7 Å². The molecule has 25 heavy (non-hydrogen) atoms. The largest absolute Gasteiger partial charge is 0.351 e. The maximum atomic E-state index is 14.0. The van der Waals surface area contributed by atoms with E-state index in [0.29, 0.717) is 26.4 Å². The van der Waals surface area contributed by atoms with Crippen molar-refractivity contribution in [2.75, 3.05) is 26.4 Å². The normalized spacial score (nSPS) is 11.6. The molecule has 0 bridgehead atoms. The van der Waals surface area contributed by atoms with Gasteiger partial charge in [-0.2, -0.15) is 4.39 Å². The van der Waals surface area contributed by atoms with Gasteiger partial charge in [-0.15, -0.1) is 0 Å². The van der Waals surface area contributed by atoms with E-state index in [9.17, 15) is 14.0 Å². The summed E-state index contributed by atoms with van der Waals surface area (Å²) in [6.07, 6.45) is -0.666. The van der Waals surface area contributed by atoms with E-state index >= 15 is 0 Å². The van der Waals surface area contributed by atoms with Gasteiger partial charge in [-0.1, -0.05) is 0 Å². The quantitative estimate of drug-likeness (QED) is 0.515. The van der Waals surface area contributed by atoms with Gasteiger partial charge in [0.1, 0.15) is 0 Å². The molecule has 1 rings (SSSR count). The summed E-state index contributed by atoms with van der Waals surface area (Å²) >= 11 is 0. The molecule has 0 unspecified atom stereocenters. The fraction of sp³-hybridized carbons (Fsp3) is 0.750. The maximum absolute atomic E-state index is 14.0. The van der Waals surface area contributed by atoms with Crippen LogP contribution >= 0.6 is 0 Å². The van der Waals surface area contributed by atoms with Crippen molar-refractivity contribution >= 4 is 0 Å². The van der Waals surface area contributed by atoms with Crippen molar-refractivity contribution in [2.45, 2.75) is 53.4 Å². The minimum atomic E-state index is -1.04. The van der Waals surface area contributed by atoms with Gasteiger partial charge in [0.2, 0.25) is 5.82 Å². The summed E-state index contributed by atoms with van der Waals surface area (Å²) in [5.74, 6) is -1.04. The number of rotatable bonds is 12. The van der Waals surface area contributed by atoms with Crippen LogP contribution in [0.5, 0.6) is 0 Å². The first-order valence-corrected chi connectivity index (χ1v) is 8.44. The zero-order chi connectivity index (χ0) is 18.8. The smallest absolute Gasteiger partial charge is 0.331 e. The summed E-state index contributed by atoms with van der Waals surface area (Å²) in [5, 5.41) is 0. The zero-order valence-corrected chi connectivity index (χ0v) is 15.2. The fourth-order valence-electron chi connectivity index (χ4n) is 2.27. The molecule has 0 fully saturated rings. The fourth-order valence-corrected chi connectivity index (χ4v) is 2.27. The standard InChI is InChI=1S/C16H27FN2O6/c1-5-22-13(23-6-2)10-18-9-12(17)15(20)19(16(18)21)11-14(24-7-3)25-8-4/h9,13-14H,5-8,10-11H2,1-4H3. The van der Waals surface area contributed by atoms with Crippen molar-refractivity contribution in [3.8, 4) is 0 Å². The van der Waals surface area contributed by atoms with Crippen molar-refractivity contribution < 1.29 is 23.3 Å². The second-order valence-corrected chi connectivity index (χ2v) is 5.01. The molecule has 0 aromatic carbocycles. The van der Waals surface area contributed by atoms with E-state index in [-0.39, 0.29) is 13.1 Å². The van der Waals surface area contributed by atoms with Crippen LogP contribution in [0.15, 0.2) is 15.8 Å². The van der Waals surface area contributed by atoms with Gasteiger partial charge < -0.3 is 18.9 Å².